The molecule has 36 heavy (non-hydrogen) atoms. The second-order valence-electron chi connectivity index (χ2n) is 8.95. The number of sulfone groups is 1. The first-order valence-corrected chi connectivity index (χ1v) is 13.2. The Labute approximate surface area is 214 Å². The summed E-state index contributed by atoms with van der Waals surface area (Å²) in [5, 5.41) is 10.9. The summed E-state index contributed by atoms with van der Waals surface area (Å²) in [6, 6.07) is 10.9. The molecule has 0 aliphatic carbocycles. The highest BCUT2D eigenvalue weighted by Gasteiger charge is 2.48. The van der Waals surface area contributed by atoms with Crippen LogP contribution in [-0.4, -0.2) is 77.8 Å². The first-order valence-electron chi connectivity index (χ1n) is 11.2. The number of imide groups is 1. The molecule has 1 unspecified atom stereocenters. The SMILES string of the molecule is CN1C(=O)N(CCCC(CS(=O)(=O)c2ccc(Oc3ccc(Cl)cc3)cc2)N(O)C=O)C(=O)C1(C)C. The van der Waals surface area contributed by atoms with Gasteiger partial charge >= 0.3 is 6.03 Å². The molecule has 0 saturated carbocycles. The van der Waals surface area contributed by atoms with Crippen LogP contribution in [0.15, 0.2) is 53.4 Å². The summed E-state index contributed by atoms with van der Waals surface area (Å²) in [7, 11) is -2.37. The summed E-state index contributed by atoms with van der Waals surface area (Å²) in [6.45, 7) is 3.30. The van der Waals surface area contributed by atoms with Gasteiger partial charge in [0.2, 0.25) is 6.41 Å². The first kappa shape index (κ1) is 27.4. The Kier molecular flexibility index (Phi) is 8.27. The Morgan fingerprint density at radius 3 is 2.14 bits per heavy atom. The molecule has 0 radical (unpaired) electrons. The van der Waals surface area contributed by atoms with Gasteiger partial charge in [-0.2, -0.15) is 0 Å². The normalized spacial score (nSPS) is 16.2. The molecule has 1 atom stereocenters. The number of hydrogen-bond acceptors (Lipinski definition) is 7. The lowest BCUT2D eigenvalue weighted by molar-refractivity contribution is -0.158. The first-order chi connectivity index (χ1) is 16.9. The van der Waals surface area contributed by atoms with Crippen LogP contribution < -0.4 is 4.74 Å². The van der Waals surface area contributed by atoms with Crippen molar-refractivity contribution in [1.29, 1.82) is 0 Å². The maximum Gasteiger partial charge on any atom is 0.327 e. The molecule has 1 aliphatic rings. The number of benzene rings is 2. The van der Waals surface area contributed by atoms with Gasteiger partial charge in [0, 0.05) is 18.6 Å². The van der Waals surface area contributed by atoms with Crippen molar-refractivity contribution in [2.75, 3.05) is 19.3 Å². The van der Waals surface area contributed by atoms with E-state index in [4.69, 9.17) is 16.3 Å². The Morgan fingerprint density at radius 1 is 1.08 bits per heavy atom. The summed E-state index contributed by atoms with van der Waals surface area (Å²) in [4.78, 5) is 38.5. The fraction of sp³-hybridized carbons (Fsp3) is 0.375. The van der Waals surface area contributed by atoms with Gasteiger partial charge in [0.15, 0.2) is 9.84 Å². The second kappa shape index (κ2) is 10.9. The van der Waals surface area contributed by atoms with Crippen molar-refractivity contribution < 1.29 is 32.7 Å². The summed E-state index contributed by atoms with van der Waals surface area (Å²) in [5.41, 5.74) is -0.977. The van der Waals surface area contributed by atoms with E-state index in [0.717, 1.165) is 4.90 Å². The summed E-state index contributed by atoms with van der Waals surface area (Å²) in [5.74, 6) is 0.0302. The minimum atomic E-state index is -3.90. The molecule has 12 heteroatoms. The Bertz CT molecular complexity index is 1220. The van der Waals surface area contributed by atoms with Crippen molar-refractivity contribution in [3.63, 3.8) is 0 Å². The van der Waals surface area contributed by atoms with E-state index in [1.165, 1.54) is 36.2 Å². The van der Waals surface area contributed by atoms with Gasteiger partial charge in [-0.25, -0.2) is 18.3 Å². The molecule has 1 aliphatic heterocycles. The van der Waals surface area contributed by atoms with Gasteiger partial charge < -0.3 is 9.64 Å². The van der Waals surface area contributed by atoms with Crippen LogP contribution in [0, 0.1) is 0 Å². The number of carbonyl (C=O) groups is 3. The summed E-state index contributed by atoms with van der Waals surface area (Å²) >= 11 is 5.85. The lowest BCUT2D eigenvalue weighted by atomic mass is 10.0. The minimum absolute atomic E-state index is 0.0106. The molecule has 0 spiro atoms. The number of amides is 4. The molecule has 194 valence electrons. The van der Waals surface area contributed by atoms with Gasteiger partial charge in [0.1, 0.15) is 17.0 Å². The number of halogens is 1. The zero-order valence-corrected chi connectivity index (χ0v) is 21.7. The number of hydrogen-bond donors (Lipinski definition) is 1. The van der Waals surface area contributed by atoms with E-state index in [2.05, 4.69) is 0 Å². The van der Waals surface area contributed by atoms with Gasteiger partial charge in [-0.05, 0) is 75.2 Å². The van der Waals surface area contributed by atoms with Gasteiger partial charge in [0.25, 0.3) is 5.91 Å². The highest BCUT2D eigenvalue weighted by molar-refractivity contribution is 7.91. The molecular formula is C24H28ClN3O7S. The maximum absolute atomic E-state index is 13.0. The van der Waals surface area contributed by atoms with Gasteiger partial charge in [-0.15, -0.1) is 0 Å². The molecule has 1 N–H and O–H groups in total. The van der Waals surface area contributed by atoms with Crippen LogP contribution in [0.1, 0.15) is 26.7 Å². The molecule has 1 saturated heterocycles. The van der Waals surface area contributed by atoms with Crippen molar-refractivity contribution in [3.8, 4) is 11.5 Å². The van der Waals surface area contributed by atoms with Crippen LogP contribution in [0.5, 0.6) is 11.5 Å². The summed E-state index contributed by atoms with van der Waals surface area (Å²) in [6.07, 6.45) is 0.375. The van der Waals surface area contributed by atoms with Crippen molar-refractivity contribution in [2.24, 2.45) is 0 Å². The van der Waals surface area contributed by atoms with E-state index in [1.807, 2.05) is 0 Å². The van der Waals surface area contributed by atoms with Crippen LogP contribution in [0.3, 0.4) is 0 Å². The number of ether oxygens (including phenoxy) is 1. The molecule has 3 rings (SSSR count). The van der Waals surface area contributed by atoms with E-state index in [-0.39, 0.29) is 36.6 Å². The number of likely N-dealkylation sites (N-methyl/N-ethyl adjacent to an activating group) is 1. The number of hydroxylamine groups is 2. The lowest BCUT2D eigenvalue weighted by Gasteiger charge is -2.23. The average Bonchev–Trinajstić information content (AvgIpc) is 2.99. The predicted octanol–water partition coefficient (Wildman–Crippen LogP) is 3.58. The predicted molar refractivity (Wildman–Crippen MR) is 132 cm³/mol. The smallest absolute Gasteiger partial charge is 0.327 e. The number of urea groups is 1. The van der Waals surface area contributed by atoms with E-state index in [9.17, 15) is 28.0 Å². The van der Waals surface area contributed by atoms with Gasteiger partial charge in [-0.1, -0.05) is 11.6 Å². The number of nitrogens with zero attached hydrogens (tertiary/aromatic N) is 3. The van der Waals surface area contributed by atoms with Crippen LogP contribution in [0.4, 0.5) is 4.79 Å². The van der Waals surface area contributed by atoms with Crippen LogP contribution in [-0.2, 0) is 19.4 Å². The fourth-order valence-electron chi connectivity index (χ4n) is 3.74. The lowest BCUT2D eigenvalue weighted by Crippen LogP contribution is -2.41. The molecular weight excluding hydrogens is 510 g/mol. The molecule has 2 aromatic carbocycles. The molecule has 4 amide bonds. The van der Waals surface area contributed by atoms with E-state index >= 15 is 0 Å². The second-order valence-corrected chi connectivity index (χ2v) is 11.4. The van der Waals surface area contributed by atoms with Crippen LogP contribution in [0.2, 0.25) is 5.02 Å². The third-order valence-electron chi connectivity index (χ3n) is 6.17. The van der Waals surface area contributed by atoms with E-state index < -0.39 is 33.2 Å². The minimum Gasteiger partial charge on any atom is -0.457 e. The molecule has 0 bridgehead atoms. The Balaban J connectivity index is 1.64. The van der Waals surface area contributed by atoms with Crippen LogP contribution in [0.25, 0.3) is 0 Å². The standard InChI is InChI=1S/C24H28ClN3O7S/c1-24(2)22(30)27(23(31)26(24)3)14-4-5-18(28(32)16-29)15-36(33,34)21-12-10-20(11-13-21)35-19-8-6-17(25)7-9-19/h6-13,16,18,32H,4-5,14-15H2,1-3H3. The third kappa shape index (κ3) is 5.97. The van der Waals surface area contributed by atoms with Gasteiger partial charge in [0.05, 0.1) is 16.7 Å². The topological polar surface area (TPSA) is 125 Å². The molecule has 10 nitrogen and oxygen atoms in total. The maximum atomic E-state index is 13.0. The zero-order valence-electron chi connectivity index (χ0n) is 20.1. The van der Waals surface area contributed by atoms with E-state index in [1.54, 1.807) is 38.1 Å². The third-order valence-corrected chi connectivity index (χ3v) is 8.24. The highest BCUT2D eigenvalue weighted by Crippen LogP contribution is 2.27. The largest absolute Gasteiger partial charge is 0.457 e. The fourth-order valence-corrected chi connectivity index (χ4v) is 5.44. The average molecular weight is 538 g/mol. The quantitative estimate of drug-likeness (QED) is 0.201. The Morgan fingerprint density at radius 2 is 1.64 bits per heavy atom. The number of rotatable bonds is 11. The molecule has 0 aromatic heterocycles. The molecule has 1 fully saturated rings. The van der Waals surface area contributed by atoms with E-state index in [0.29, 0.717) is 21.6 Å². The number of carbonyl (C=O) groups excluding carboxylic acids is 3. The van der Waals surface area contributed by atoms with Gasteiger partial charge in [-0.3, -0.25) is 19.7 Å². The summed E-state index contributed by atoms with van der Waals surface area (Å²) < 4.78 is 31.6. The van der Waals surface area contributed by atoms with Crippen molar-refractivity contribution in [1.82, 2.24) is 14.9 Å². The zero-order chi connectivity index (χ0) is 26.7. The van der Waals surface area contributed by atoms with Crippen LogP contribution >= 0.6 is 11.6 Å². The van der Waals surface area contributed by atoms with Crippen molar-refractivity contribution in [3.05, 3.63) is 53.6 Å². The van der Waals surface area contributed by atoms with Crippen molar-refractivity contribution >= 4 is 39.8 Å². The Hall–Kier alpha value is -3.15. The van der Waals surface area contributed by atoms with Crippen molar-refractivity contribution in [2.45, 2.75) is 43.2 Å². The highest BCUT2D eigenvalue weighted by atomic mass is 35.5. The molecule has 2 aromatic rings. The molecule has 1 heterocycles. The monoisotopic (exact) mass is 537 g/mol.